The van der Waals surface area contributed by atoms with Crippen LogP contribution in [-0.4, -0.2) is 35.8 Å². The molecule has 2 aliphatic rings. The minimum absolute atomic E-state index is 0.217. The molecular formula is C18H20ClN3O. The van der Waals surface area contributed by atoms with E-state index in [1.807, 2.05) is 18.5 Å². The van der Waals surface area contributed by atoms with Gasteiger partial charge in [-0.2, -0.15) is 0 Å². The van der Waals surface area contributed by atoms with E-state index in [1.165, 1.54) is 11.1 Å². The highest BCUT2D eigenvalue weighted by Crippen LogP contribution is 2.29. The molecule has 2 aliphatic heterocycles. The molecule has 1 aromatic heterocycles. The third-order valence-electron chi connectivity index (χ3n) is 4.78. The maximum Gasteiger partial charge on any atom is 0.0731 e. The highest BCUT2D eigenvalue weighted by molar-refractivity contribution is 6.30. The first-order valence-corrected chi connectivity index (χ1v) is 8.47. The molecule has 3 heterocycles. The van der Waals surface area contributed by atoms with Gasteiger partial charge in [0.15, 0.2) is 0 Å². The van der Waals surface area contributed by atoms with Gasteiger partial charge in [0.2, 0.25) is 0 Å². The van der Waals surface area contributed by atoms with Crippen molar-refractivity contribution in [2.45, 2.75) is 25.5 Å². The first-order valence-electron chi connectivity index (χ1n) is 8.09. The Balaban J connectivity index is 1.56. The molecule has 1 saturated heterocycles. The Bertz CT molecular complexity index is 721. The highest BCUT2D eigenvalue weighted by atomic mass is 35.5. The van der Waals surface area contributed by atoms with Crippen LogP contribution < -0.4 is 9.80 Å². The van der Waals surface area contributed by atoms with Gasteiger partial charge in [-0.1, -0.05) is 17.7 Å². The van der Waals surface area contributed by atoms with Crippen LogP contribution in [0, 0.1) is 0 Å². The zero-order valence-corrected chi connectivity index (χ0v) is 13.7. The molecule has 0 aliphatic carbocycles. The van der Waals surface area contributed by atoms with Crippen molar-refractivity contribution in [1.29, 1.82) is 0 Å². The number of rotatable bonds is 2. The summed E-state index contributed by atoms with van der Waals surface area (Å²) in [7, 11) is 0. The van der Waals surface area contributed by atoms with Crippen LogP contribution in [0.3, 0.4) is 0 Å². The summed E-state index contributed by atoms with van der Waals surface area (Å²) in [6, 6.07) is 8.35. The van der Waals surface area contributed by atoms with Gasteiger partial charge in [0.25, 0.3) is 0 Å². The first kappa shape index (κ1) is 14.8. The van der Waals surface area contributed by atoms with E-state index in [9.17, 15) is 5.11 Å². The van der Waals surface area contributed by atoms with Crippen molar-refractivity contribution in [2.75, 3.05) is 29.4 Å². The van der Waals surface area contributed by atoms with E-state index in [1.54, 1.807) is 0 Å². The summed E-state index contributed by atoms with van der Waals surface area (Å²) in [5, 5.41) is 10.5. The van der Waals surface area contributed by atoms with Crippen molar-refractivity contribution < 1.29 is 5.11 Å². The van der Waals surface area contributed by atoms with Gasteiger partial charge in [-0.25, -0.2) is 0 Å². The van der Waals surface area contributed by atoms with Crippen LogP contribution in [0.1, 0.15) is 17.5 Å². The molecule has 0 radical (unpaired) electrons. The minimum Gasteiger partial charge on any atom is -0.391 e. The Kier molecular flexibility index (Phi) is 3.87. The van der Waals surface area contributed by atoms with Gasteiger partial charge in [0.1, 0.15) is 0 Å². The topological polar surface area (TPSA) is 39.6 Å². The van der Waals surface area contributed by atoms with Crippen molar-refractivity contribution in [3.8, 4) is 0 Å². The van der Waals surface area contributed by atoms with Gasteiger partial charge in [-0.3, -0.25) is 4.98 Å². The smallest absolute Gasteiger partial charge is 0.0731 e. The van der Waals surface area contributed by atoms with Crippen LogP contribution in [0.25, 0.3) is 0 Å². The normalized spacial score (nSPS) is 20.7. The van der Waals surface area contributed by atoms with Crippen molar-refractivity contribution >= 4 is 23.0 Å². The number of pyridine rings is 1. The average molecular weight is 330 g/mol. The predicted octanol–water partition coefficient (Wildman–Crippen LogP) is 2.87. The zero-order chi connectivity index (χ0) is 15.8. The van der Waals surface area contributed by atoms with Crippen LogP contribution in [0.4, 0.5) is 11.4 Å². The molecule has 120 valence electrons. The van der Waals surface area contributed by atoms with Gasteiger partial charge in [-0.15, -0.1) is 0 Å². The van der Waals surface area contributed by atoms with Crippen molar-refractivity contribution in [3.63, 3.8) is 0 Å². The molecule has 0 saturated carbocycles. The predicted molar refractivity (Wildman–Crippen MR) is 93.3 cm³/mol. The fourth-order valence-electron chi connectivity index (χ4n) is 3.48. The maximum absolute atomic E-state index is 9.73. The fourth-order valence-corrected chi connectivity index (χ4v) is 3.67. The second kappa shape index (κ2) is 6.02. The van der Waals surface area contributed by atoms with E-state index in [0.717, 1.165) is 48.9 Å². The molecule has 0 unspecified atom stereocenters. The summed E-state index contributed by atoms with van der Waals surface area (Å²) in [6.07, 6.45) is 5.44. The summed E-state index contributed by atoms with van der Waals surface area (Å²) in [4.78, 5) is 8.98. The number of halogens is 1. The van der Waals surface area contributed by atoms with Gasteiger partial charge in [-0.05, 0) is 42.2 Å². The number of anilines is 2. The fraction of sp³-hybridized carbons (Fsp3) is 0.389. The van der Waals surface area contributed by atoms with Gasteiger partial charge >= 0.3 is 0 Å². The van der Waals surface area contributed by atoms with Crippen LogP contribution in [0.15, 0.2) is 36.7 Å². The number of aliphatic hydroxyl groups excluding tert-OH is 1. The Hall–Kier alpha value is -1.78. The SMILES string of the molecule is O[C@@H]1CCN(c2cncc(N3CCc4cc(Cl)ccc4C3)c2)C1. The standard InChI is InChI=1S/C18H20ClN3O/c19-15-2-1-14-11-21(5-3-13(14)7-15)16-8-17(10-20-9-16)22-6-4-18(23)12-22/h1-2,7-10,18,23H,3-6,11-12H2/t18-/m1/s1. The Morgan fingerprint density at radius 1 is 1.04 bits per heavy atom. The summed E-state index contributed by atoms with van der Waals surface area (Å²) in [5.41, 5.74) is 4.92. The van der Waals surface area contributed by atoms with E-state index in [4.69, 9.17) is 11.6 Å². The van der Waals surface area contributed by atoms with E-state index >= 15 is 0 Å². The monoisotopic (exact) mass is 329 g/mol. The van der Waals surface area contributed by atoms with Crippen molar-refractivity contribution in [3.05, 3.63) is 52.8 Å². The van der Waals surface area contributed by atoms with E-state index < -0.39 is 0 Å². The van der Waals surface area contributed by atoms with Crippen molar-refractivity contribution in [1.82, 2.24) is 4.98 Å². The summed E-state index contributed by atoms with van der Waals surface area (Å²) >= 11 is 6.09. The second-order valence-electron chi connectivity index (χ2n) is 6.37. The average Bonchev–Trinajstić information content (AvgIpc) is 3.01. The number of β-amino-alcohol motifs (C(OH)–C–C–N with tert-alkyl or cyclic N) is 1. The molecule has 0 spiro atoms. The molecule has 1 atom stereocenters. The third-order valence-corrected chi connectivity index (χ3v) is 5.02. The molecule has 4 nitrogen and oxygen atoms in total. The van der Waals surface area contributed by atoms with Crippen LogP contribution >= 0.6 is 11.6 Å². The molecule has 0 bridgehead atoms. The largest absolute Gasteiger partial charge is 0.391 e. The molecule has 23 heavy (non-hydrogen) atoms. The number of aromatic nitrogens is 1. The Morgan fingerprint density at radius 3 is 2.65 bits per heavy atom. The molecule has 1 N–H and O–H groups in total. The molecule has 1 fully saturated rings. The van der Waals surface area contributed by atoms with E-state index in [2.05, 4.69) is 33.0 Å². The van der Waals surface area contributed by atoms with Crippen LogP contribution in [0.2, 0.25) is 5.02 Å². The highest BCUT2D eigenvalue weighted by Gasteiger charge is 2.22. The molecule has 2 aromatic rings. The molecular weight excluding hydrogens is 310 g/mol. The summed E-state index contributed by atoms with van der Waals surface area (Å²) in [6.45, 7) is 3.46. The first-order chi connectivity index (χ1) is 11.2. The second-order valence-corrected chi connectivity index (χ2v) is 6.81. The molecule has 0 amide bonds. The maximum atomic E-state index is 9.73. The number of hydrogen-bond acceptors (Lipinski definition) is 4. The van der Waals surface area contributed by atoms with Gasteiger partial charge in [0.05, 0.1) is 29.9 Å². The summed E-state index contributed by atoms with van der Waals surface area (Å²) < 4.78 is 0. The van der Waals surface area contributed by atoms with Crippen molar-refractivity contribution in [2.24, 2.45) is 0 Å². The number of benzene rings is 1. The number of hydrogen-bond donors (Lipinski definition) is 1. The Labute approximate surface area is 141 Å². The lowest BCUT2D eigenvalue weighted by Gasteiger charge is -2.31. The van der Waals surface area contributed by atoms with Gasteiger partial charge < -0.3 is 14.9 Å². The lowest BCUT2D eigenvalue weighted by atomic mass is 9.99. The lowest BCUT2D eigenvalue weighted by molar-refractivity contribution is 0.198. The molecule has 5 heteroatoms. The molecule has 4 rings (SSSR count). The zero-order valence-electron chi connectivity index (χ0n) is 13.0. The number of fused-ring (bicyclic) bond motifs is 1. The minimum atomic E-state index is -0.217. The summed E-state index contributed by atoms with van der Waals surface area (Å²) in [5.74, 6) is 0. The third kappa shape index (κ3) is 3.01. The van der Waals surface area contributed by atoms with Crippen LogP contribution in [0.5, 0.6) is 0 Å². The number of nitrogens with zero attached hydrogens (tertiary/aromatic N) is 3. The van der Waals surface area contributed by atoms with E-state index in [0.29, 0.717) is 6.54 Å². The quantitative estimate of drug-likeness (QED) is 0.919. The number of aliphatic hydroxyl groups is 1. The van der Waals surface area contributed by atoms with Crippen LogP contribution in [-0.2, 0) is 13.0 Å². The molecule has 1 aromatic carbocycles. The Morgan fingerprint density at radius 2 is 1.87 bits per heavy atom. The van der Waals surface area contributed by atoms with E-state index in [-0.39, 0.29) is 6.10 Å². The van der Waals surface area contributed by atoms with Gasteiger partial charge in [0, 0.05) is 31.2 Å². The lowest BCUT2D eigenvalue weighted by Crippen LogP contribution is -2.30.